The van der Waals surface area contributed by atoms with E-state index in [1.54, 1.807) is 23.7 Å². The van der Waals surface area contributed by atoms with Crippen LogP contribution >= 0.6 is 22.9 Å². The lowest BCUT2D eigenvalue weighted by Crippen LogP contribution is -2.34. The summed E-state index contributed by atoms with van der Waals surface area (Å²) in [5.74, 6) is 1.40. The summed E-state index contributed by atoms with van der Waals surface area (Å²) in [6.07, 6.45) is 8.58. The fraction of sp³-hybridized carbons (Fsp3) is 0.333. The Morgan fingerprint density at radius 1 is 1.18 bits per heavy atom. The second kappa shape index (κ2) is 11.9. The van der Waals surface area contributed by atoms with Crippen molar-refractivity contribution in [3.63, 3.8) is 0 Å². The monoisotopic (exact) mass is 574 g/mol. The first-order valence-corrected chi connectivity index (χ1v) is 14.8. The van der Waals surface area contributed by atoms with Gasteiger partial charge in [0.2, 0.25) is 5.91 Å². The average Bonchev–Trinajstić information content (AvgIpc) is 3.60. The molecule has 4 aromatic rings. The molecule has 0 unspecified atom stereocenters. The molecule has 6 rings (SSSR count). The highest BCUT2D eigenvalue weighted by Crippen LogP contribution is 2.39. The third-order valence-electron chi connectivity index (χ3n) is 7.29. The Morgan fingerprint density at radius 3 is 2.88 bits per heavy atom. The van der Waals surface area contributed by atoms with Gasteiger partial charge in [0.25, 0.3) is 0 Å². The molecule has 2 aliphatic heterocycles. The molecular weight excluding hydrogens is 544 g/mol. The van der Waals surface area contributed by atoms with Crippen LogP contribution < -0.4 is 10.1 Å². The van der Waals surface area contributed by atoms with Crippen LogP contribution in [0.25, 0.3) is 10.2 Å². The molecule has 10 heteroatoms. The normalized spacial score (nSPS) is 15.6. The van der Waals surface area contributed by atoms with Gasteiger partial charge in [0, 0.05) is 35.4 Å². The SMILES string of the molecule is Cc1cccc(COc2ccc(Nc3ncnc4sc5c(c34)CCN(C(=O)C=CCN3CCCC3)C5)cc2Cl)n1. The molecule has 0 spiro atoms. The summed E-state index contributed by atoms with van der Waals surface area (Å²) in [5.41, 5.74) is 3.82. The smallest absolute Gasteiger partial charge is 0.246 e. The van der Waals surface area contributed by atoms with Crippen molar-refractivity contribution in [3.05, 3.63) is 81.7 Å². The zero-order valence-electron chi connectivity index (χ0n) is 22.4. The van der Waals surface area contributed by atoms with Gasteiger partial charge in [0.1, 0.15) is 29.3 Å². The fourth-order valence-corrected chi connectivity index (χ4v) is 6.69. The van der Waals surface area contributed by atoms with Gasteiger partial charge in [-0.05, 0) is 75.2 Å². The summed E-state index contributed by atoms with van der Waals surface area (Å²) < 4.78 is 5.91. The molecule has 1 aromatic carbocycles. The zero-order valence-corrected chi connectivity index (χ0v) is 24.0. The lowest BCUT2D eigenvalue weighted by molar-refractivity contribution is -0.126. The number of amides is 1. The van der Waals surface area contributed by atoms with Crippen molar-refractivity contribution in [1.82, 2.24) is 24.8 Å². The number of rotatable bonds is 8. The molecule has 0 saturated carbocycles. The van der Waals surface area contributed by atoms with E-state index in [1.807, 2.05) is 54.3 Å². The van der Waals surface area contributed by atoms with Gasteiger partial charge in [0.15, 0.2) is 0 Å². The van der Waals surface area contributed by atoms with Crippen LogP contribution in [0.5, 0.6) is 5.75 Å². The number of carbonyl (C=O) groups excluding carboxylic acids is 1. The van der Waals surface area contributed by atoms with Gasteiger partial charge in [-0.25, -0.2) is 9.97 Å². The number of nitrogens with one attached hydrogen (secondary N) is 1. The minimum atomic E-state index is 0.0712. The number of thiophene rings is 1. The summed E-state index contributed by atoms with van der Waals surface area (Å²) in [6, 6.07) is 11.5. The van der Waals surface area contributed by atoms with E-state index in [1.165, 1.54) is 18.4 Å². The Labute approximate surface area is 242 Å². The van der Waals surface area contributed by atoms with Gasteiger partial charge < -0.3 is 15.0 Å². The number of anilines is 2. The van der Waals surface area contributed by atoms with E-state index in [4.69, 9.17) is 16.3 Å². The number of likely N-dealkylation sites (tertiary alicyclic amines) is 1. The van der Waals surface area contributed by atoms with Gasteiger partial charge in [-0.3, -0.25) is 14.7 Å². The Morgan fingerprint density at radius 2 is 2.05 bits per heavy atom. The van der Waals surface area contributed by atoms with E-state index in [2.05, 4.69) is 25.2 Å². The summed E-state index contributed by atoms with van der Waals surface area (Å²) in [5, 5.41) is 4.94. The molecule has 8 nitrogen and oxygen atoms in total. The first kappa shape index (κ1) is 26.7. The Balaban J connectivity index is 1.14. The molecule has 1 fully saturated rings. The van der Waals surface area contributed by atoms with Crippen molar-refractivity contribution in [2.24, 2.45) is 0 Å². The number of hydrogen-bond donors (Lipinski definition) is 1. The molecule has 2 aliphatic rings. The lowest BCUT2D eigenvalue weighted by Gasteiger charge is -2.26. The first-order valence-electron chi connectivity index (χ1n) is 13.6. The van der Waals surface area contributed by atoms with E-state index < -0.39 is 0 Å². The highest BCUT2D eigenvalue weighted by atomic mass is 35.5. The molecule has 5 heterocycles. The second-order valence-corrected chi connectivity index (χ2v) is 11.6. The number of hydrogen-bond acceptors (Lipinski definition) is 8. The molecule has 0 bridgehead atoms. The number of aryl methyl sites for hydroxylation is 1. The molecule has 1 saturated heterocycles. The van der Waals surface area contributed by atoms with Crippen LogP contribution in [0.15, 0.2) is 54.9 Å². The van der Waals surface area contributed by atoms with Crippen LogP contribution in [0.4, 0.5) is 11.5 Å². The van der Waals surface area contributed by atoms with E-state index >= 15 is 0 Å². The van der Waals surface area contributed by atoms with Crippen molar-refractivity contribution >= 4 is 50.6 Å². The highest BCUT2D eigenvalue weighted by molar-refractivity contribution is 7.19. The molecular formula is C30H31ClN6O2S. The number of carbonyl (C=O) groups is 1. The third kappa shape index (κ3) is 5.96. The van der Waals surface area contributed by atoms with Crippen LogP contribution in [0.1, 0.15) is 34.7 Å². The topological polar surface area (TPSA) is 83.5 Å². The number of aromatic nitrogens is 3. The quantitative estimate of drug-likeness (QED) is 0.262. The summed E-state index contributed by atoms with van der Waals surface area (Å²) >= 11 is 8.19. The minimum Gasteiger partial charge on any atom is -0.486 e. The number of nitrogens with zero attached hydrogens (tertiary/aromatic N) is 5. The maximum atomic E-state index is 12.9. The molecule has 3 aromatic heterocycles. The zero-order chi connectivity index (χ0) is 27.5. The summed E-state index contributed by atoms with van der Waals surface area (Å²) in [7, 11) is 0. The van der Waals surface area contributed by atoms with E-state index in [0.29, 0.717) is 30.5 Å². The van der Waals surface area contributed by atoms with E-state index in [0.717, 1.165) is 64.0 Å². The summed E-state index contributed by atoms with van der Waals surface area (Å²) in [4.78, 5) is 32.8. The molecule has 0 radical (unpaired) electrons. The van der Waals surface area contributed by atoms with E-state index in [9.17, 15) is 4.79 Å². The number of ether oxygens (including phenoxy) is 1. The van der Waals surface area contributed by atoms with Crippen molar-refractivity contribution in [2.75, 3.05) is 31.5 Å². The largest absolute Gasteiger partial charge is 0.486 e. The lowest BCUT2D eigenvalue weighted by atomic mass is 10.0. The van der Waals surface area contributed by atoms with Gasteiger partial charge in [-0.2, -0.15) is 0 Å². The average molecular weight is 575 g/mol. The molecule has 0 atom stereocenters. The number of pyridine rings is 1. The van der Waals surface area contributed by atoms with Gasteiger partial charge in [-0.15, -0.1) is 11.3 Å². The van der Waals surface area contributed by atoms with E-state index in [-0.39, 0.29) is 5.91 Å². The summed E-state index contributed by atoms with van der Waals surface area (Å²) in [6.45, 7) is 6.66. The van der Waals surface area contributed by atoms with Crippen molar-refractivity contribution in [3.8, 4) is 5.75 Å². The molecule has 206 valence electrons. The van der Waals surface area contributed by atoms with Crippen LogP contribution in [-0.2, 0) is 24.4 Å². The third-order valence-corrected chi connectivity index (χ3v) is 8.71. The number of benzene rings is 1. The highest BCUT2D eigenvalue weighted by Gasteiger charge is 2.25. The number of halogens is 1. The minimum absolute atomic E-state index is 0.0712. The standard InChI is InChI=1S/C30H31ClN6O2S/c1-20-6-4-7-22(34-20)18-39-25-10-9-21(16-24(25)31)35-29-28-23-11-15-37(17-26(23)40-30(28)33-19-32-29)27(38)8-5-14-36-12-2-3-13-36/h4-10,16,19H,2-3,11-15,17-18H2,1H3,(H,32,33,35). The van der Waals surface area contributed by atoms with Crippen LogP contribution in [0, 0.1) is 6.92 Å². The Bertz CT molecular complexity index is 1570. The maximum absolute atomic E-state index is 12.9. The van der Waals surface area contributed by atoms with Crippen LogP contribution in [0.3, 0.4) is 0 Å². The molecule has 40 heavy (non-hydrogen) atoms. The van der Waals surface area contributed by atoms with Gasteiger partial charge in [0.05, 0.1) is 22.6 Å². The van der Waals surface area contributed by atoms with Crippen LogP contribution in [-0.4, -0.2) is 56.8 Å². The molecule has 0 aliphatic carbocycles. The predicted molar refractivity (Wildman–Crippen MR) is 159 cm³/mol. The van der Waals surface area contributed by atoms with Crippen molar-refractivity contribution < 1.29 is 9.53 Å². The molecule has 1 N–H and O–H groups in total. The molecule has 1 amide bonds. The van der Waals surface area contributed by atoms with Crippen molar-refractivity contribution in [1.29, 1.82) is 0 Å². The second-order valence-electron chi connectivity index (χ2n) is 10.2. The van der Waals surface area contributed by atoms with Crippen LogP contribution in [0.2, 0.25) is 5.02 Å². The fourth-order valence-electron chi connectivity index (χ4n) is 5.25. The Hall–Kier alpha value is -3.53. The van der Waals surface area contributed by atoms with Crippen molar-refractivity contribution in [2.45, 2.75) is 39.3 Å². The van der Waals surface area contributed by atoms with Gasteiger partial charge in [-0.1, -0.05) is 23.7 Å². The first-order chi connectivity index (χ1) is 19.5. The predicted octanol–water partition coefficient (Wildman–Crippen LogP) is 5.91. The maximum Gasteiger partial charge on any atom is 0.246 e. The Kier molecular flexibility index (Phi) is 7.95. The number of fused-ring (bicyclic) bond motifs is 3. The van der Waals surface area contributed by atoms with Gasteiger partial charge >= 0.3 is 0 Å².